The summed E-state index contributed by atoms with van der Waals surface area (Å²) in [6.45, 7) is 1.85. The van der Waals surface area contributed by atoms with Gasteiger partial charge in [0.15, 0.2) is 0 Å². The number of benzene rings is 2. The first-order valence-corrected chi connectivity index (χ1v) is 6.68. The number of hydrogen-bond donors (Lipinski definition) is 1. The van der Waals surface area contributed by atoms with E-state index in [4.69, 9.17) is 4.42 Å². The van der Waals surface area contributed by atoms with E-state index in [1.165, 1.54) is 24.3 Å². The summed E-state index contributed by atoms with van der Waals surface area (Å²) in [5.41, 5.74) is 1.20. The van der Waals surface area contributed by atoms with Gasteiger partial charge in [-0.2, -0.15) is 0 Å². The van der Waals surface area contributed by atoms with Crippen LogP contribution < -0.4 is 5.32 Å². The van der Waals surface area contributed by atoms with Crippen LogP contribution in [0.1, 0.15) is 29.1 Å². The highest BCUT2D eigenvalue weighted by Gasteiger charge is 2.15. The summed E-state index contributed by atoms with van der Waals surface area (Å²) in [5, 5.41) is 3.83. The summed E-state index contributed by atoms with van der Waals surface area (Å²) >= 11 is 0. The van der Waals surface area contributed by atoms with Crippen LogP contribution in [0.2, 0.25) is 0 Å². The quantitative estimate of drug-likeness (QED) is 0.787. The molecule has 21 heavy (non-hydrogen) atoms. The van der Waals surface area contributed by atoms with Gasteiger partial charge in [-0.1, -0.05) is 18.2 Å². The Hall–Kier alpha value is -2.62. The fourth-order valence-corrected chi connectivity index (χ4v) is 2.17. The van der Waals surface area contributed by atoms with Crippen LogP contribution >= 0.6 is 0 Å². The van der Waals surface area contributed by atoms with Gasteiger partial charge in [-0.3, -0.25) is 4.79 Å². The molecule has 3 aromatic rings. The minimum Gasteiger partial charge on any atom is -0.459 e. The molecule has 0 bridgehead atoms. The number of carbonyl (C=O) groups excluding carboxylic acids is 1. The van der Waals surface area contributed by atoms with E-state index in [-0.39, 0.29) is 17.8 Å². The third kappa shape index (κ3) is 2.79. The van der Waals surface area contributed by atoms with Crippen molar-refractivity contribution in [2.24, 2.45) is 0 Å². The molecular weight excluding hydrogens is 269 g/mol. The van der Waals surface area contributed by atoms with Crippen molar-refractivity contribution in [3.63, 3.8) is 0 Å². The van der Waals surface area contributed by atoms with E-state index in [1.807, 2.05) is 37.3 Å². The Labute approximate surface area is 121 Å². The second-order valence-electron chi connectivity index (χ2n) is 4.89. The predicted octanol–water partition coefficient (Wildman–Crippen LogP) is 4.06. The van der Waals surface area contributed by atoms with E-state index in [0.29, 0.717) is 11.3 Å². The van der Waals surface area contributed by atoms with Gasteiger partial charge in [0.1, 0.15) is 17.2 Å². The van der Waals surface area contributed by atoms with Gasteiger partial charge >= 0.3 is 0 Å². The van der Waals surface area contributed by atoms with Gasteiger partial charge in [0, 0.05) is 10.9 Å². The number of amides is 1. The van der Waals surface area contributed by atoms with Gasteiger partial charge in [-0.15, -0.1) is 0 Å². The first-order valence-electron chi connectivity index (χ1n) is 6.68. The lowest BCUT2D eigenvalue weighted by molar-refractivity contribution is 0.0935. The van der Waals surface area contributed by atoms with Gasteiger partial charge in [-0.25, -0.2) is 4.39 Å². The van der Waals surface area contributed by atoms with Crippen LogP contribution in [0.3, 0.4) is 0 Å². The maximum atomic E-state index is 12.8. The van der Waals surface area contributed by atoms with Crippen LogP contribution in [0.15, 0.2) is 59.0 Å². The zero-order valence-electron chi connectivity index (χ0n) is 11.5. The Kier molecular flexibility index (Phi) is 3.44. The molecule has 0 aliphatic rings. The molecule has 0 saturated heterocycles. The summed E-state index contributed by atoms with van der Waals surface area (Å²) in [6.07, 6.45) is 0. The van der Waals surface area contributed by atoms with Crippen molar-refractivity contribution < 1.29 is 13.6 Å². The normalized spacial score (nSPS) is 12.3. The lowest BCUT2D eigenvalue weighted by Crippen LogP contribution is -2.26. The van der Waals surface area contributed by atoms with Crippen molar-refractivity contribution in [2.45, 2.75) is 13.0 Å². The molecule has 0 unspecified atom stereocenters. The van der Waals surface area contributed by atoms with Gasteiger partial charge < -0.3 is 9.73 Å². The summed E-state index contributed by atoms with van der Waals surface area (Å²) in [5.74, 6) is 0.0616. The highest BCUT2D eigenvalue weighted by atomic mass is 19.1. The first kappa shape index (κ1) is 13.4. The molecule has 0 radical (unpaired) electrons. The van der Waals surface area contributed by atoms with Crippen molar-refractivity contribution in [3.05, 3.63) is 71.7 Å². The largest absolute Gasteiger partial charge is 0.459 e. The van der Waals surface area contributed by atoms with Crippen LogP contribution in [0, 0.1) is 5.82 Å². The molecule has 1 atom stereocenters. The average molecular weight is 283 g/mol. The summed E-state index contributed by atoms with van der Waals surface area (Å²) in [6, 6.07) is 14.7. The van der Waals surface area contributed by atoms with Crippen molar-refractivity contribution in [1.82, 2.24) is 5.32 Å². The second kappa shape index (κ2) is 5.40. The minimum absolute atomic E-state index is 0.261. The maximum absolute atomic E-state index is 12.8. The number of para-hydroxylation sites is 1. The molecule has 0 aliphatic carbocycles. The molecule has 1 N–H and O–H groups in total. The fourth-order valence-electron chi connectivity index (χ4n) is 2.17. The number of furan rings is 1. The molecule has 2 aromatic carbocycles. The number of halogens is 1. The maximum Gasteiger partial charge on any atom is 0.251 e. The van der Waals surface area contributed by atoms with E-state index in [1.54, 1.807) is 0 Å². The van der Waals surface area contributed by atoms with Crippen LogP contribution in [-0.2, 0) is 0 Å². The third-order valence-electron chi connectivity index (χ3n) is 3.33. The lowest BCUT2D eigenvalue weighted by atomic mass is 10.1. The molecule has 0 spiro atoms. The fraction of sp³-hybridized carbons (Fsp3) is 0.118. The molecule has 4 heteroatoms. The Bertz CT molecular complexity index is 744. The SMILES string of the molecule is C[C@H](NC(=O)c1ccc(F)cc1)c1cc2ccccc2o1. The van der Waals surface area contributed by atoms with E-state index in [2.05, 4.69) is 5.32 Å². The van der Waals surface area contributed by atoms with Gasteiger partial charge in [0.25, 0.3) is 5.91 Å². The van der Waals surface area contributed by atoms with Gasteiger partial charge in [0.05, 0.1) is 6.04 Å². The van der Waals surface area contributed by atoms with Gasteiger partial charge in [-0.05, 0) is 43.3 Å². The van der Waals surface area contributed by atoms with Crippen LogP contribution in [0.4, 0.5) is 4.39 Å². The molecular formula is C17H14FNO2. The van der Waals surface area contributed by atoms with Crippen molar-refractivity contribution in [2.75, 3.05) is 0 Å². The second-order valence-corrected chi connectivity index (χ2v) is 4.89. The van der Waals surface area contributed by atoms with Gasteiger partial charge in [0.2, 0.25) is 0 Å². The van der Waals surface area contributed by atoms with E-state index in [0.717, 1.165) is 11.0 Å². The van der Waals surface area contributed by atoms with Crippen molar-refractivity contribution in [3.8, 4) is 0 Å². The average Bonchev–Trinajstić information content (AvgIpc) is 2.92. The number of rotatable bonds is 3. The molecule has 0 aliphatic heterocycles. The lowest BCUT2D eigenvalue weighted by Gasteiger charge is -2.11. The Morgan fingerprint density at radius 3 is 2.57 bits per heavy atom. The standard InChI is InChI=1S/C17H14FNO2/c1-11(16-10-13-4-2-3-5-15(13)21-16)19-17(20)12-6-8-14(18)9-7-12/h2-11H,1H3,(H,19,20)/t11-/m0/s1. The number of hydrogen-bond acceptors (Lipinski definition) is 2. The van der Waals surface area contributed by atoms with Crippen LogP contribution in [0.25, 0.3) is 11.0 Å². The Balaban J connectivity index is 1.77. The zero-order chi connectivity index (χ0) is 14.8. The van der Waals surface area contributed by atoms with Crippen molar-refractivity contribution >= 4 is 16.9 Å². The molecule has 1 heterocycles. The number of nitrogens with one attached hydrogen (secondary N) is 1. The number of fused-ring (bicyclic) bond motifs is 1. The predicted molar refractivity (Wildman–Crippen MR) is 78.5 cm³/mol. The van der Waals surface area contributed by atoms with Crippen molar-refractivity contribution in [1.29, 1.82) is 0 Å². The topological polar surface area (TPSA) is 42.2 Å². The monoisotopic (exact) mass is 283 g/mol. The molecule has 1 amide bonds. The number of carbonyl (C=O) groups is 1. The van der Waals surface area contributed by atoms with Crippen LogP contribution in [0.5, 0.6) is 0 Å². The zero-order valence-corrected chi connectivity index (χ0v) is 11.5. The van der Waals surface area contributed by atoms with E-state index in [9.17, 15) is 9.18 Å². The highest BCUT2D eigenvalue weighted by molar-refractivity contribution is 5.94. The smallest absolute Gasteiger partial charge is 0.251 e. The third-order valence-corrected chi connectivity index (χ3v) is 3.33. The summed E-state index contributed by atoms with van der Waals surface area (Å²) in [4.78, 5) is 12.1. The Morgan fingerprint density at radius 2 is 1.86 bits per heavy atom. The molecule has 1 aromatic heterocycles. The molecule has 0 fully saturated rings. The van der Waals surface area contributed by atoms with E-state index < -0.39 is 0 Å². The first-order chi connectivity index (χ1) is 10.1. The summed E-state index contributed by atoms with van der Waals surface area (Å²) < 4.78 is 18.6. The van der Waals surface area contributed by atoms with Crippen LogP contribution in [-0.4, -0.2) is 5.91 Å². The summed E-state index contributed by atoms with van der Waals surface area (Å²) in [7, 11) is 0. The highest BCUT2D eigenvalue weighted by Crippen LogP contribution is 2.23. The Morgan fingerprint density at radius 1 is 1.14 bits per heavy atom. The van der Waals surface area contributed by atoms with E-state index >= 15 is 0 Å². The molecule has 0 saturated carbocycles. The molecule has 106 valence electrons. The molecule has 3 nitrogen and oxygen atoms in total. The minimum atomic E-state index is -0.364. The molecule has 3 rings (SSSR count).